The highest BCUT2D eigenvalue weighted by Gasteiger charge is 2.16. The second-order valence-corrected chi connectivity index (χ2v) is 9.97. The first-order chi connectivity index (χ1) is 15.3. The Morgan fingerprint density at radius 1 is 1.25 bits per heavy atom. The summed E-state index contributed by atoms with van der Waals surface area (Å²) in [5, 5.41) is 3.68. The number of ether oxygens (including phenoxy) is 1. The lowest BCUT2D eigenvalue weighted by molar-refractivity contribution is -0.198. The van der Waals surface area contributed by atoms with Crippen molar-refractivity contribution in [3.8, 4) is 0 Å². The largest absolute Gasteiger partial charge is 0.368 e. The highest BCUT2D eigenvalue weighted by Crippen LogP contribution is 2.21. The average Bonchev–Trinajstić information content (AvgIpc) is 2.78. The molecule has 2 N–H and O–H groups in total. The van der Waals surface area contributed by atoms with Gasteiger partial charge in [-0.25, -0.2) is 23.7 Å². The Kier molecular flexibility index (Phi) is 8.89. The molecule has 2 heterocycles. The molecule has 0 radical (unpaired) electrons. The van der Waals surface area contributed by atoms with E-state index in [1.165, 1.54) is 42.6 Å². The highest BCUT2D eigenvalue weighted by molar-refractivity contribution is 7.91. The van der Waals surface area contributed by atoms with E-state index in [9.17, 15) is 13.2 Å². The van der Waals surface area contributed by atoms with Crippen LogP contribution in [0.1, 0.15) is 24.8 Å². The molecule has 0 spiro atoms. The fourth-order valence-electron chi connectivity index (χ4n) is 2.87. The molecule has 1 aliphatic rings. The Bertz CT molecular complexity index is 1060. The molecule has 1 saturated heterocycles. The number of sulfone groups is 1. The van der Waals surface area contributed by atoms with Crippen molar-refractivity contribution in [3.05, 3.63) is 58.2 Å². The number of rotatable bonds is 9. The van der Waals surface area contributed by atoms with E-state index < -0.39 is 22.0 Å². The van der Waals surface area contributed by atoms with Crippen LogP contribution in [-0.4, -0.2) is 44.5 Å². The number of nitrogens with one attached hydrogen (secondary N) is 2. The molecule has 1 unspecified atom stereocenters. The normalized spacial score (nSPS) is 16.8. The molecule has 1 atom stereocenters. The van der Waals surface area contributed by atoms with Gasteiger partial charge in [-0.15, -0.1) is 0 Å². The third kappa shape index (κ3) is 7.46. The van der Waals surface area contributed by atoms with Gasteiger partial charge in [-0.2, -0.15) is 0 Å². The van der Waals surface area contributed by atoms with Crippen molar-refractivity contribution in [2.24, 2.45) is 0 Å². The van der Waals surface area contributed by atoms with Gasteiger partial charge in [0.15, 0.2) is 16.1 Å². The van der Waals surface area contributed by atoms with Crippen LogP contribution in [0.15, 0.2) is 47.5 Å². The maximum absolute atomic E-state index is 12.4. The van der Waals surface area contributed by atoms with E-state index >= 15 is 0 Å². The van der Waals surface area contributed by atoms with E-state index in [0.29, 0.717) is 28.0 Å². The molecule has 0 saturated carbocycles. The van der Waals surface area contributed by atoms with E-state index in [-0.39, 0.29) is 17.2 Å². The van der Waals surface area contributed by atoms with Crippen LogP contribution in [0.3, 0.4) is 0 Å². The minimum atomic E-state index is -3.47. The maximum atomic E-state index is 12.4. The van der Waals surface area contributed by atoms with Gasteiger partial charge in [0.1, 0.15) is 5.82 Å². The lowest BCUT2D eigenvalue weighted by Gasteiger charge is -2.21. The van der Waals surface area contributed by atoms with Crippen molar-refractivity contribution in [2.45, 2.75) is 30.4 Å². The fourth-order valence-corrected chi connectivity index (χ4v) is 4.40. The van der Waals surface area contributed by atoms with Crippen LogP contribution in [-0.2, 0) is 24.2 Å². The number of benzene rings is 1. The van der Waals surface area contributed by atoms with Crippen molar-refractivity contribution in [1.82, 2.24) is 10.5 Å². The predicted octanol–water partition coefficient (Wildman–Crippen LogP) is 3.86. The van der Waals surface area contributed by atoms with E-state index in [0.717, 1.165) is 19.3 Å². The molecule has 32 heavy (non-hydrogen) atoms. The van der Waals surface area contributed by atoms with Crippen LogP contribution in [0.5, 0.6) is 0 Å². The minimum Gasteiger partial charge on any atom is -0.368 e. The van der Waals surface area contributed by atoms with Gasteiger partial charge in [0.05, 0.1) is 15.7 Å². The number of carbonyl (C=O) groups excluding carboxylic acids is 1. The topological polar surface area (TPSA) is 107 Å². The highest BCUT2D eigenvalue weighted by atomic mass is 35.5. The van der Waals surface area contributed by atoms with Crippen molar-refractivity contribution in [3.63, 3.8) is 0 Å². The predicted molar refractivity (Wildman–Crippen MR) is 123 cm³/mol. The summed E-state index contributed by atoms with van der Waals surface area (Å²) in [5.41, 5.74) is 2.92. The maximum Gasteiger partial charge on any atom is 0.267 e. The summed E-state index contributed by atoms with van der Waals surface area (Å²) in [7, 11) is -3.47. The van der Waals surface area contributed by atoms with E-state index in [1.54, 1.807) is 6.07 Å². The van der Waals surface area contributed by atoms with Gasteiger partial charge in [-0.3, -0.25) is 4.79 Å². The monoisotopic (exact) mass is 499 g/mol. The molecule has 11 heteroatoms. The Balaban J connectivity index is 1.48. The van der Waals surface area contributed by atoms with Crippen molar-refractivity contribution >= 4 is 50.8 Å². The number of pyridine rings is 1. The van der Waals surface area contributed by atoms with Gasteiger partial charge < -0.3 is 10.1 Å². The van der Waals surface area contributed by atoms with Crippen LogP contribution >= 0.6 is 23.2 Å². The van der Waals surface area contributed by atoms with Crippen molar-refractivity contribution < 1.29 is 22.8 Å². The SMILES string of the molecule is O=C(/C=C/c1cnc(NCCS(=O)(=O)c2ccc(Cl)cc2)c(Cl)c1)NOC1CCCCO1. The van der Waals surface area contributed by atoms with Crippen LogP contribution in [0.4, 0.5) is 5.82 Å². The lowest BCUT2D eigenvalue weighted by Crippen LogP contribution is -2.32. The molecule has 1 aliphatic heterocycles. The third-order valence-electron chi connectivity index (χ3n) is 4.55. The van der Waals surface area contributed by atoms with Gasteiger partial charge in [-0.05, 0) is 54.8 Å². The Morgan fingerprint density at radius 3 is 2.72 bits per heavy atom. The molecular formula is C21H23Cl2N3O5S. The molecule has 1 amide bonds. The van der Waals surface area contributed by atoms with Crippen LogP contribution < -0.4 is 10.8 Å². The van der Waals surface area contributed by atoms with Gasteiger partial charge >= 0.3 is 0 Å². The number of nitrogens with zero attached hydrogens (tertiary/aromatic N) is 1. The summed E-state index contributed by atoms with van der Waals surface area (Å²) in [6.45, 7) is 0.740. The average molecular weight is 500 g/mol. The number of aromatic nitrogens is 1. The van der Waals surface area contributed by atoms with E-state index in [1.807, 2.05) is 0 Å². The summed E-state index contributed by atoms with van der Waals surface area (Å²) >= 11 is 12.0. The van der Waals surface area contributed by atoms with Gasteiger partial charge in [-0.1, -0.05) is 23.2 Å². The number of amides is 1. The number of hydrogen-bond acceptors (Lipinski definition) is 7. The third-order valence-corrected chi connectivity index (χ3v) is 6.83. The van der Waals surface area contributed by atoms with E-state index in [4.69, 9.17) is 32.8 Å². The Morgan fingerprint density at radius 2 is 2.03 bits per heavy atom. The molecule has 3 rings (SSSR count). The van der Waals surface area contributed by atoms with Crippen LogP contribution in [0.25, 0.3) is 6.08 Å². The molecule has 1 aromatic heterocycles. The zero-order valence-electron chi connectivity index (χ0n) is 17.1. The first-order valence-electron chi connectivity index (χ1n) is 9.96. The first-order valence-corrected chi connectivity index (χ1v) is 12.4. The molecule has 8 nitrogen and oxygen atoms in total. The number of hydroxylamine groups is 1. The summed E-state index contributed by atoms with van der Waals surface area (Å²) in [4.78, 5) is 21.5. The van der Waals surface area contributed by atoms with Gasteiger partial charge in [0.2, 0.25) is 0 Å². The second-order valence-electron chi connectivity index (χ2n) is 7.01. The Hall–Kier alpha value is -2.17. The van der Waals surface area contributed by atoms with Crippen LogP contribution in [0, 0.1) is 0 Å². The molecule has 1 aromatic carbocycles. The van der Waals surface area contributed by atoms with Crippen LogP contribution in [0.2, 0.25) is 10.0 Å². The van der Waals surface area contributed by atoms with Gasteiger partial charge in [0.25, 0.3) is 5.91 Å². The standard InChI is InChI=1S/C21H23Cl2N3O5S/c22-16-5-7-17(8-6-16)32(28,29)12-10-24-21-18(23)13-15(14-25-21)4-9-19(27)26-31-20-3-1-2-11-30-20/h4-9,13-14,20H,1-3,10-12H2,(H,24,25)(H,26,27)/b9-4+. The zero-order valence-corrected chi connectivity index (χ0v) is 19.4. The smallest absolute Gasteiger partial charge is 0.267 e. The molecule has 1 fully saturated rings. The second kappa shape index (κ2) is 11.6. The lowest BCUT2D eigenvalue weighted by atomic mass is 10.2. The Labute approximate surface area is 196 Å². The van der Waals surface area contributed by atoms with E-state index in [2.05, 4.69) is 15.8 Å². The summed E-state index contributed by atoms with van der Waals surface area (Å²) in [5.74, 6) is -0.235. The van der Waals surface area contributed by atoms with Gasteiger partial charge in [0, 0.05) is 36.9 Å². The number of carbonyl (C=O) groups is 1. The number of anilines is 1. The number of halogens is 2. The first kappa shape index (κ1) is 24.5. The molecule has 0 aliphatic carbocycles. The summed E-state index contributed by atoms with van der Waals surface area (Å²) < 4.78 is 30.1. The molecule has 0 bridgehead atoms. The molecular weight excluding hydrogens is 477 g/mol. The zero-order chi connectivity index (χ0) is 23.0. The molecule has 172 valence electrons. The van der Waals surface area contributed by atoms with Crippen molar-refractivity contribution in [2.75, 3.05) is 24.2 Å². The molecule has 2 aromatic rings. The fraction of sp³-hybridized carbons (Fsp3) is 0.333. The van der Waals surface area contributed by atoms with Crippen molar-refractivity contribution in [1.29, 1.82) is 0 Å². The summed E-state index contributed by atoms with van der Waals surface area (Å²) in [6, 6.07) is 7.60. The number of hydrogen-bond donors (Lipinski definition) is 2. The quantitative estimate of drug-likeness (QED) is 0.398. The summed E-state index contributed by atoms with van der Waals surface area (Å²) in [6.07, 6.45) is 6.63. The minimum absolute atomic E-state index is 0.121.